The van der Waals surface area contributed by atoms with Gasteiger partial charge >= 0.3 is 5.97 Å². The molecule has 0 saturated heterocycles. The Balaban J connectivity index is 3.14. The summed E-state index contributed by atoms with van der Waals surface area (Å²) in [6.07, 6.45) is 0. The molecule has 1 aromatic rings. The van der Waals surface area contributed by atoms with Crippen molar-refractivity contribution in [2.75, 3.05) is 12.3 Å². The summed E-state index contributed by atoms with van der Waals surface area (Å²) in [7, 11) is 0. The number of halogens is 1. The lowest BCUT2D eigenvalue weighted by Crippen LogP contribution is -2.08. The summed E-state index contributed by atoms with van der Waals surface area (Å²) in [5.74, 6) is -0.322. The standard InChI is InChI=1S/C10H12BrNO2/c1-3-14-10(13)9-6(2)4-7(12)5-8(9)11/h4-5H,3,12H2,1-2H3. The number of nitrogens with two attached hydrogens (primary N) is 1. The minimum absolute atomic E-state index is 0.322. The van der Waals surface area contributed by atoms with Crippen LogP contribution >= 0.6 is 15.9 Å². The summed E-state index contributed by atoms with van der Waals surface area (Å²) in [6.45, 7) is 3.97. The first kappa shape index (κ1) is 11.0. The number of rotatable bonds is 2. The second-order valence-corrected chi connectivity index (χ2v) is 3.77. The fraction of sp³-hybridized carbons (Fsp3) is 0.300. The highest BCUT2D eigenvalue weighted by atomic mass is 79.9. The molecule has 0 aliphatic carbocycles. The van der Waals surface area contributed by atoms with Crippen molar-refractivity contribution in [1.82, 2.24) is 0 Å². The van der Waals surface area contributed by atoms with Gasteiger partial charge in [0.15, 0.2) is 0 Å². The Labute approximate surface area is 91.4 Å². The molecule has 1 rings (SSSR count). The molecule has 0 amide bonds. The molecule has 14 heavy (non-hydrogen) atoms. The third-order valence-electron chi connectivity index (χ3n) is 1.79. The number of carbonyl (C=O) groups excluding carboxylic acids is 1. The summed E-state index contributed by atoms with van der Waals surface area (Å²) in [5.41, 5.74) is 7.61. The Bertz CT molecular complexity index is 340. The molecule has 1 aromatic carbocycles. The van der Waals surface area contributed by atoms with Gasteiger partial charge in [-0.3, -0.25) is 0 Å². The SMILES string of the molecule is CCOC(=O)c1c(C)cc(N)cc1Br. The van der Waals surface area contributed by atoms with Crippen LogP contribution in [0.3, 0.4) is 0 Å². The van der Waals surface area contributed by atoms with Gasteiger partial charge in [-0.05, 0) is 47.5 Å². The van der Waals surface area contributed by atoms with E-state index in [4.69, 9.17) is 10.5 Å². The van der Waals surface area contributed by atoms with Crippen molar-refractivity contribution in [2.45, 2.75) is 13.8 Å². The second-order valence-electron chi connectivity index (χ2n) is 2.92. The number of carbonyl (C=O) groups is 1. The van der Waals surface area contributed by atoms with Gasteiger partial charge in [0.1, 0.15) is 0 Å². The van der Waals surface area contributed by atoms with Gasteiger partial charge in [0, 0.05) is 10.2 Å². The maximum Gasteiger partial charge on any atom is 0.339 e. The van der Waals surface area contributed by atoms with E-state index >= 15 is 0 Å². The van der Waals surface area contributed by atoms with Crippen LogP contribution < -0.4 is 5.73 Å². The molecule has 4 heteroatoms. The summed E-state index contributed by atoms with van der Waals surface area (Å²) in [5, 5.41) is 0. The molecule has 3 nitrogen and oxygen atoms in total. The van der Waals surface area contributed by atoms with E-state index in [1.54, 1.807) is 19.1 Å². The smallest absolute Gasteiger partial charge is 0.339 e. The van der Waals surface area contributed by atoms with Crippen molar-refractivity contribution in [1.29, 1.82) is 0 Å². The van der Waals surface area contributed by atoms with Crippen LogP contribution in [-0.4, -0.2) is 12.6 Å². The quantitative estimate of drug-likeness (QED) is 0.655. The van der Waals surface area contributed by atoms with E-state index in [-0.39, 0.29) is 5.97 Å². The normalized spacial score (nSPS) is 9.93. The van der Waals surface area contributed by atoms with Crippen LogP contribution in [0, 0.1) is 6.92 Å². The number of aryl methyl sites for hydroxylation is 1. The highest BCUT2D eigenvalue weighted by molar-refractivity contribution is 9.10. The number of ether oxygens (including phenoxy) is 1. The fourth-order valence-corrected chi connectivity index (χ4v) is 1.97. The van der Waals surface area contributed by atoms with Crippen molar-refractivity contribution < 1.29 is 9.53 Å². The maximum atomic E-state index is 11.5. The molecule has 0 saturated carbocycles. The van der Waals surface area contributed by atoms with Gasteiger partial charge in [0.05, 0.1) is 12.2 Å². The van der Waals surface area contributed by atoms with Crippen LogP contribution in [0.15, 0.2) is 16.6 Å². The molecule has 0 radical (unpaired) electrons. The lowest BCUT2D eigenvalue weighted by atomic mass is 10.1. The number of hydrogen-bond acceptors (Lipinski definition) is 3. The zero-order valence-corrected chi connectivity index (χ0v) is 9.72. The van der Waals surface area contributed by atoms with E-state index < -0.39 is 0 Å². The first-order chi connectivity index (χ1) is 6.56. The molecule has 0 atom stereocenters. The van der Waals surface area contributed by atoms with Crippen molar-refractivity contribution in [3.8, 4) is 0 Å². The predicted octanol–water partition coefficient (Wildman–Crippen LogP) is 2.52. The fourth-order valence-electron chi connectivity index (χ4n) is 1.23. The Morgan fingerprint density at radius 1 is 1.57 bits per heavy atom. The number of esters is 1. The number of benzene rings is 1. The van der Waals surface area contributed by atoms with E-state index in [1.165, 1.54) is 0 Å². The van der Waals surface area contributed by atoms with Crippen molar-refractivity contribution in [3.05, 3.63) is 27.7 Å². The first-order valence-corrected chi connectivity index (χ1v) is 5.08. The average Bonchev–Trinajstić information content (AvgIpc) is 2.01. The molecule has 0 unspecified atom stereocenters. The molecule has 0 aromatic heterocycles. The summed E-state index contributed by atoms with van der Waals surface area (Å²) < 4.78 is 5.59. The van der Waals surface area contributed by atoms with Gasteiger partial charge in [-0.15, -0.1) is 0 Å². The van der Waals surface area contributed by atoms with Gasteiger partial charge < -0.3 is 10.5 Å². The largest absolute Gasteiger partial charge is 0.462 e. The topological polar surface area (TPSA) is 52.3 Å². The average molecular weight is 258 g/mol. The van der Waals surface area contributed by atoms with Crippen molar-refractivity contribution >= 4 is 27.6 Å². The van der Waals surface area contributed by atoms with Crippen LogP contribution in [-0.2, 0) is 4.74 Å². The van der Waals surface area contributed by atoms with Crippen LogP contribution in [0.25, 0.3) is 0 Å². The molecule has 0 spiro atoms. The monoisotopic (exact) mass is 257 g/mol. The van der Waals surface area contributed by atoms with E-state index in [1.807, 2.05) is 6.92 Å². The van der Waals surface area contributed by atoms with Gasteiger partial charge in [0.2, 0.25) is 0 Å². The Hall–Kier alpha value is -1.03. The van der Waals surface area contributed by atoms with Gasteiger partial charge in [0.25, 0.3) is 0 Å². The van der Waals surface area contributed by atoms with Crippen molar-refractivity contribution in [3.63, 3.8) is 0 Å². The minimum atomic E-state index is -0.322. The number of hydrogen-bond donors (Lipinski definition) is 1. The third kappa shape index (κ3) is 2.26. The lowest BCUT2D eigenvalue weighted by Gasteiger charge is -2.08. The highest BCUT2D eigenvalue weighted by Gasteiger charge is 2.14. The number of anilines is 1. The van der Waals surface area contributed by atoms with Crippen LogP contribution in [0.4, 0.5) is 5.69 Å². The summed E-state index contributed by atoms with van der Waals surface area (Å²) in [6, 6.07) is 3.44. The highest BCUT2D eigenvalue weighted by Crippen LogP contribution is 2.24. The van der Waals surface area contributed by atoms with Crippen molar-refractivity contribution in [2.24, 2.45) is 0 Å². The molecule has 0 bridgehead atoms. The maximum absolute atomic E-state index is 11.5. The van der Waals surface area contributed by atoms with Crippen LogP contribution in [0.5, 0.6) is 0 Å². The molecular weight excluding hydrogens is 246 g/mol. The van der Waals surface area contributed by atoms with E-state index in [9.17, 15) is 4.79 Å². The van der Waals surface area contributed by atoms with Gasteiger partial charge in [-0.1, -0.05) is 0 Å². The molecule has 0 fully saturated rings. The Kier molecular flexibility index (Phi) is 3.52. The first-order valence-electron chi connectivity index (χ1n) is 4.29. The van der Waals surface area contributed by atoms with Crippen LogP contribution in [0.1, 0.15) is 22.8 Å². The number of nitrogen functional groups attached to an aromatic ring is 1. The Morgan fingerprint density at radius 3 is 2.71 bits per heavy atom. The zero-order chi connectivity index (χ0) is 10.7. The molecule has 76 valence electrons. The summed E-state index contributed by atoms with van der Waals surface area (Å²) >= 11 is 3.29. The second kappa shape index (κ2) is 4.46. The van der Waals surface area contributed by atoms with E-state index in [2.05, 4.69) is 15.9 Å². The van der Waals surface area contributed by atoms with Crippen LogP contribution in [0.2, 0.25) is 0 Å². The van der Waals surface area contributed by atoms with E-state index in [0.29, 0.717) is 22.3 Å². The summed E-state index contributed by atoms with van der Waals surface area (Å²) in [4.78, 5) is 11.5. The third-order valence-corrected chi connectivity index (χ3v) is 2.41. The molecular formula is C10H12BrNO2. The molecule has 0 aliphatic heterocycles. The molecule has 2 N–H and O–H groups in total. The Morgan fingerprint density at radius 2 is 2.21 bits per heavy atom. The lowest BCUT2D eigenvalue weighted by molar-refractivity contribution is 0.0524. The molecule has 0 aliphatic rings. The van der Waals surface area contributed by atoms with Gasteiger partial charge in [-0.2, -0.15) is 0 Å². The zero-order valence-electron chi connectivity index (χ0n) is 8.13. The predicted molar refractivity (Wildman–Crippen MR) is 59.2 cm³/mol. The van der Waals surface area contributed by atoms with Gasteiger partial charge in [-0.25, -0.2) is 4.79 Å². The molecule has 0 heterocycles. The minimum Gasteiger partial charge on any atom is -0.462 e. The van der Waals surface area contributed by atoms with E-state index in [0.717, 1.165) is 5.56 Å².